The Morgan fingerprint density at radius 1 is 1.06 bits per heavy atom. The summed E-state index contributed by atoms with van der Waals surface area (Å²) in [4.78, 5) is 35.2. The lowest BCUT2D eigenvalue weighted by Gasteiger charge is -2.16. The van der Waals surface area contributed by atoms with Gasteiger partial charge in [0.1, 0.15) is 6.61 Å². The standard InChI is InChI=1S/C26H27N3O6/c1-16(10-11-24(30)27-14-17-12-23(25(31)32)29-35-17)13-28-26(33)34-15-22-20-8-4-2-6-18(20)19-7-3-5-9-21(19)22/h2-9,12,16,22H,10-11,13-15H2,1H3,(H,27,30)(H,28,33)(H,31,32). The maximum Gasteiger partial charge on any atom is 0.407 e. The minimum Gasteiger partial charge on any atom is -0.476 e. The monoisotopic (exact) mass is 477 g/mol. The van der Waals surface area contributed by atoms with Crippen molar-refractivity contribution in [1.82, 2.24) is 15.8 Å². The summed E-state index contributed by atoms with van der Waals surface area (Å²) in [7, 11) is 0. The maximum absolute atomic E-state index is 12.3. The molecule has 2 amide bonds. The molecule has 2 aromatic carbocycles. The first-order valence-electron chi connectivity index (χ1n) is 11.5. The van der Waals surface area contributed by atoms with Crippen molar-refractivity contribution < 1.29 is 28.8 Å². The molecule has 0 spiro atoms. The fraction of sp³-hybridized carbons (Fsp3) is 0.308. The number of fused-ring (bicyclic) bond motifs is 3. The molecule has 0 saturated carbocycles. The summed E-state index contributed by atoms with van der Waals surface area (Å²) in [6, 6.07) is 17.6. The molecule has 3 N–H and O–H groups in total. The second-order valence-electron chi connectivity index (χ2n) is 8.61. The molecule has 1 heterocycles. The van der Waals surface area contributed by atoms with E-state index >= 15 is 0 Å². The van der Waals surface area contributed by atoms with Gasteiger partial charge in [0.15, 0.2) is 11.5 Å². The van der Waals surface area contributed by atoms with Gasteiger partial charge in [-0.05, 0) is 34.6 Å². The van der Waals surface area contributed by atoms with Crippen LogP contribution in [0.2, 0.25) is 0 Å². The first-order chi connectivity index (χ1) is 16.9. The number of ether oxygens (including phenoxy) is 1. The van der Waals surface area contributed by atoms with Crippen molar-refractivity contribution in [2.45, 2.75) is 32.2 Å². The fourth-order valence-corrected chi connectivity index (χ4v) is 4.16. The van der Waals surface area contributed by atoms with Gasteiger partial charge >= 0.3 is 12.1 Å². The van der Waals surface area contributed by atoms with Crippen molar-refractivity contribution in [2.24, 2.45) is 5.92 Å². The second kappa shape index (κ2) is 10.9. The molecule has 35 heavy (non-hydrogen) atoms. The van der Waals surface area contributed by atoms with Crippen molar-refractivity contribution in [1.29, 1.82) is 0 Å². The summed E-state index contributed by atoms with van der Waals surface area (Å²) in [6.45, 7) is 2.63. The van der Waals surface area contributed by atoms with Gasteiger partial charge in [-0.25, -0.2) is 9.59 Å². The van der Waals surface area contributed by atoms with E-state index in [0.29, 0.717) is 13.0 Å². The van der Waals surface area contributed by atoms with Gasteiger partial charge in [0.25, 0.3) is 0 Å². The second-order valence-corrected chi connectivity index (χ2v) is 8.61. The van der Waals surface area contributed by atoms with E-state index in [1.165, 1.54) is 17.2 Å². The van der Waals surface area contributed by atoms with Gasteiger partial charge in [-0.3, -0.25) is 4.79 Å². The summed E-state index contributed by atoms with van der Waals surface area (Å²) in [6.07, 6.45) is 0.336. The van der Waals surface area contributed by atoms with E-state index in [2.05, 4.69) is 40.1 Å². The third-order valence-electron chi connectivity index (χ3n) is 6.04. The number of carboxylic acids is 1. The van der Waals surface area contributed by atoms with Gasteiger partial charge in [-0.1, -0.05) is 60.6 Å². The van der Waals surface area contributed by atoms with E-state index < -0.39 is 12.1 Å². The zero-order valence-corrected chi connectivity index (χ0v) is 19.3. The Morgan fingerprint density at radius 3 is 2.34 bits per heavy atom. The topological polar surface area (TPSA) is 131 Å². The largest absolute Gasteiger partial charge is 0.476 e. The molecule has 0 radical (unpaired) electrons. The van der Waals surface area contributed by atoms with E-state index in [4.69, 9.17) is 14.4 Å². The molecule has 182 valence electrons. The Hall–Kier alpha value is -4.14. The minimum absolute atomic E-state index is 0.00482. The predicted molar refractivity (Wildman–Crippen MR) is 127 cm³/mol. The lowest BCUT2D eigenvalue weighted by atomic mass is 9.98. The van der Waals surface area contributed by atoms with Gasteiger partial charge in [0, 0.05) is 24.9 Å². The summed E-state index contributed by atoms with van der Waals surface area (Å²) in [5, 5.41) is 17.7. The van der Waals surface area contributed by atoms with Crippen LogP contribution in [0.25, 0.3) is 11.1 Å². The van der Waals surface area contributed by atoms with Gasteiger partial charge in [0.2, 0.25) is 5.91 Å². The van der Waals surface area contributed by atoms with Crippen LogP contribution in [0.15, 0.2) is 59.1 Å². The Kier molecular flexibility index (Phi) is 7.45. The molecule has 1 aromatic heterocycles. The van der Waals surface area contributed by atoms with Gasteiger partial charge in [-0.15, -0.1) is 0 Å². The van der Waals surface area contributed by atoms with E-state index in [-0.39, 0.29) is 48.8 Å². The van der Waals surface area contributed by atoms with Crippen molar-refractivity contribution in [3.8, 4) is 11.1 Å². The molecule has 4 rings (SSSR count). The highest BCUT2D eigenvalue weighted by molar-refractivity contribution is 5.85. The molecule has 9 heteroatoms. The van der Waals surface area contributed by atoms with Crippen LogP contribution in [-0.4, -0.2) is 41.4 Å². The van der Waals surface area contributed by atoms with Gasteiger partial charge < -0.3 is 25.0 Å². The number of amides is 2. The Balaban J connectivity index is 1.17. The van der Waals surface area contributed by atoms with Crippen LogP contribution in [0.4, 0.5) is 4.79 Å². The zero-order chi connectivity index (χ0) is 24.8. The van der Waals surface area contributed by atoms with Crippen LogP contribution in [0.1, 0.15) is 53.1 Å². The Morgan fingerprint density at radius 2 is 1.71 bits per heavy atom. The average molecular weight is 478 g/mol. The number of nitrogens with zero attached hydrogens (tertiary/aromatic N) is 1. The number of rotatable bonds is 10. The number of carboxylic acid groups (broad SMARTS) is 1. The molecular weight excluding hydrogens is 450 g/mol. The van der Waals surface area contributed by atoms with Crippen LogP contribution < -0.4 is 10.6 Å². The number of aromatic nitrogens is 1. The summed E-state index contributed by atoms with van der Waals surface area (Å²) in [5.41, 5.74) is 4.46. The number of hydrogen-bond acceptors (Lipinski definition) is 6. The quantitative estimate of drug-likeness (QED) is 0.403. The number of hydrogen-bond donors (Lipinski definition) is 3. The number of alkyl carbamates (subject to hydrolysis) is 1. The molecule has 0 bridgehead atoms. The van der Waals surface area contributed by atoms with E-state index in [1.807, 2.05) is 31.2 Å². The molecule has 0 saturated heterocycles. The molecule has 1 aliphatic carbocycles. The SMILES string of the molecule is CC(CCC(=O)NCc1cc(C(=O)O)no1)CNC(=O)OCC1c2ccccc2-c2ccccc21. The summed E-state index contributed by atoms with van der Waals surface area (Å²) in [5.74, 6) is -1.06. The fourth-order valence-electron chi connectivity index (χ4n) is 4.16. The maximum atomic E-state index is 12.3. The van der Waals surface area contributed by atoms with Crippen LogP contribution in [0, 0.1) is 5.92 Å². The number of aromatic carboxylic acids is 1. The molecular formula is C26H27N3O6. The Labute approximate surface area is 202 Å². The third-order valence-corrected chi connectivity index (χ3v) is 6.04. The van der Waals surface area contributed by atoms with Crippen molar-refractivity contribution in [2.75, 3.05) is 13.2 Å². The Bertz CT molecular complexity index is 1180. The van der Waals surface area contributed by atoms with Crippen molar-refractivity contribution >= 4 is 18.0 Å². The summed E-state index contributed by atoms with van der Waals surface area (Å²) >= 11 is 0. The third kappa shape index (κ3) is 5.87. The van der Waals surface area contributed by atoms with Crippen LogP contribution in [0.3, 0.4) is 0 Å². The molecule has 1 atom stereocenters. The highest BCUT2D eigenvalue weighted by atomic mass is 16.5. The first-order valence-corrected chi connectivity index (χ1v) is 11.5. The molecule has 9 nitrogen and oxygen atoms in total. The minimum atomic E-state index is -1.19. The van der Waals surface area contributed by atoms with E-state index in [9.17, 15) is 14.4 Å². The highest BCUT2D eigenvalue weighted by Gasteiger charge is 2.29. The van der Waals surface area contributed by atoms with Crippen molar-refractivity contribution in [3.05, 3.63) is 77.2 Å². The van der Waals surface area contributed by atoms with E-state index in [1.54, 1.807) is 0 Å². The van der Waals surface area contributed by atoms with Crippen LogP contribution in [-0.2, 0) is 16.1 Å². The first kappa shape index (κ1) is 24.0. The molecule has 0 fully saturated rings. The molecule has 3 aromatic rings. The van der Waals surface area contributed by atoms with Crippen LogP contribution >= 0.6 is 0 Å². The predicted octanol–water partition coefficient (Wildman–Crippen LogP) is 3.94. The van der Waals surface area contributed by atoms with Crippen molar-refractivity contribution in [3.63, 3.8) is 0 Å². The average Bonchev–Trinajstić information content (AvgIpc) is 3.47. The number of nitrogens with one attached hydrogen (secondary N) is 2. The van der Waals surface area contributed by atoms with Gasteiger partial charge in [-0.2, -0.15) is 0 Å². The number of carbonyl (C=O) groups is 3. The van der Waals surface area contributed by atoms with E-state index in [0.717, 1.165) is 11.1 Å². The molecule has 0 aliphatic heterocycles. The normalized spacial score (nSPS) is 12.9. The molecule has 1 unspecified atom stereocenters. The lowest BCUT2D eigenvalue weighted by Crippen LogP contribution is -2.31. The van der Waals surface area contributed by atoms with Gasteiger partial charge in [0.05, 0.1) is 6.54 Å². The summed E-state index contributed by atoms with van der Waals surface area (Å²) < 4.78 is 10.4. The lowest BCUT2D eigenvalue weighted by molar-refractivity contribution is -0.121. The van der Waals surface area contributed by atoms with Crippen LogP contribution in [0.5, 0.6) is 0 Å². The highest BCUT2D eigenvalue weighted by Crippen LogP contribution is 2.44. The smallest absolute Gasteiger partial charge is 0.407 e. The number of carbonyl (C=O) groups excluding carboxylic acids is 2. The zero-order valence-electron chi connectivity index (χ0n) is 19.3. The molecule has 1 aliphatic rings. The number of benzene rings is 2.